The van der Waals surface area contributed by atoms with Gasteiger partial charge in [-0.05, 0) is 23.7 Å². The van der Waals surface area contributed by atoms with Crippen molar-refractivity contribution in [3.05, 3.63) is 23.7 Å². The summed E-state index contributed by atoms with van der Waals surface area (Å²) in [5.74, 6) is -0.784. The Morgan fingerprint density at radius 3 is 2.58 bits per heavy atom. The van der Waals surface area contributed by atoms with Gasteiger partial charge in [0.05, 0.1) is 0 Å². The van der Waals surface area contributed by atoms with Crippen molar-refractivity contribution in [3.63, 3.8) is 0 Å². The van der Waals surface area contributed by atoms with E-state index < -0.39 is 20.0 Å². The molecule has 1 aliphatic carbocycles. The highest BCUT2D eigenvalue weighted by molar-refractivity contribution is 7.11. The minimum atomic E-state index is -1.26. The topological polar surface area (TPSA) is 74.6 Å². The van der Waals surface area contributed by atoms with Gasteiger partial charge >= 0.3 is 6.81 Å². The van der Waals surface area contributed by atoms with Gasteiger partial charge < -0.3 is 10.0 Å². The van der Waals surface area contributed by atoms with Crippen molar-refractivity contribution < 1.29 is 19.6 Å². The van der Waals surface area contributed by atoms with Crippen LogP contribution in [0.15, 0.2) is 23.7 Å². The summed E-state index contributed by atoms with van der Waals surface area (Å²) in [4.78, 5) is 21.7. The summed E-state index contributed by atoms with van der Waals surface area (Å²) in [7, 11) is -0.557. The van der Waals surface area contributed by atoms with Gasteiger partial charge in [-0.2, -0.15) is 0 Å². The van der Waals surface area contributed by atoms with E-state index in [4.69, 9.17) is 10.0 Å². The van der Waals surface area contributed by atoms with Crippen LogP contribution >= 0.6 is 0 Å². The molecule has 0 spiro atoms. The molecule has 1 aliphatic rings. The van der Waals surface area contributed by atoms with E-state index in [0.29, 0.717) is 0 Å². The molecule has 12 heavy (non-hydrogen) atoms. The zero-order chi connectivity index (χ0) is 9.14. The molecule has 0 aromatic rings. The van der Waals surface area contributed by atoms with Crippen LogP contribution in [0.5, 0.6) is 0 Å². The Labute approximate surface area is 70.0 Å². The van der Waals surface area contributed by atoms with Crippen molar-refractivity contribution in [2.24, 2.45) is 0 Å². The number of hydrogen-bond acceptors (Lipinski definition) is 4. The van der Waals surface area contributed by atoms with Crippen LogP contribution < -0.4 is 0 Å². The molecule has 0 aromatic heterocycles. The lowest BCUT2D eigenvalue weighted by Crippen LogP contribution is -2.31. The maximum absolute atomic E-state index is 11.0. The van der Waals surface area contributed by atoms with Gasteiger partial charge in [-0.25, -0.2) is 0 Å². The maximum atomic E-state index is 11.0. The average Bonchev–Trinajstić information content (AvgIpc) is 2.08. The summed E-state index contributed by atoms with van der Waals surface area (Å²) in [6.45, 7) is -1.26. The highest BCUT2D eigenvalue weighted by Gasteiger charge is 2.24. The number of carbonyl (C=O) groups is 2. The summed E-state index contributed by atoms with van der Waals surface area (Å²) in [6, 6.07) is 0. The first-order chi connectivity index (χ1) is 5.65. The second kappa shape index (κ2) is 3.51. The molecule has 0 atom stereocenters. The number of allylic oxidation sites excluding steroid dienone is 4. The number of carbonyl (C=O) groups excluding carboxylic acids is 2. The van der Waals surface area contributed by atoms with Crippen LogP contribution in [0.4, 0.5) is 0 Å². The van der Waals surface area contributed by atoms with Gasteiger partial charge in [0.2, 0.25) is 0 Å². The van der Waals surface area contributed by atoms with Crippen LogP contribution in [-0.4, -0.2) is 35.8 Å². The van der Waals surface area contributed by atoms with Crippen molar-refractivity contribution in [2.45, 2.75) is 0 Å². The first-order valence-electron chi connectivity index (χ1n) is 3.42. The van der Waals surface area contributed by atoms with Gasteiger partial charge in [0.1, 0.15) is 0 Å². The highest BCUT2D eigenvalue weighted by atomic mass is 16.2. The molecule has 0 amide bonds. The van der Waals surface area contributed by atoms with E-state index in [0.717, 1.165) is 18.2 Å². The Hall–Kier alpha value is -1.13. The monoisotopic (exact) mass is 164 g/mol. The second-order valence-corrected chi connectivity index (χ2v) is 2.40. The Bertz CT molecular complexity index is 281. The molecule has 0 saturated heterocycles. The predicted octanol–water partition coefficient (Wildman–Crippen LogP) is -2.02. The molecule has 1 rings (SSSR count). The van der Waals surface area contributed by atoms with E-state index in [1.165, 1.54) is 0 Å². The molecule has 2 N–H and O–H groups in total. The fourth-order valence-electron chi connectivity index (χ4n) is 0.885. The number of rotatable bonds is 2. The van der Waals surface area contributed by atoms with Crippen LogP contribution in [0.25, 0.3) is 0 Å². The van der Waals surface area contributed by atoms with Crippen molar-refractivity contribution in [3.8, 4) is 0 Å². The predicted molar refractivity (Wildman–Crippen MR) is 44.6 cm³/mol. The standard InChI is InChI=1S/C6H6B2O4/c9-4-1-2-6(10)5(3-4)8(12)7-11/h1-3,7,11-12H. The fourth-order valence-corrected chi connectivity index (χ4v) is 0.885. The first-order valence-corrected chi connectivity index (χ1v) is 3.42. The molecular formula is C6H6B2O4. The molecular weight excluding hydrogens is 158 g/mol. The summed E-state index contributed by atoms with van der Waals surface area (Å²) in [5, 5.41) is 17.6. The molecule has 0 heterocycles. The van der Waals surface area contributed by atoms with Crippen LogP contribution in [0, 0.1) is 0 Å². The van der Waals surface area contributed by atoms with Gasteiger partial charge in [-0.1, -0.05) is 0 Å². The minimum absolute atomic E-state index is 0.0509. The van der Waals surface area contributed by atoms with Crippen LogP contribution in [-0.2, 0) is 9.59 Å². The smallest absolute Gasteiger partial charge is 0.319 e. The lowest BCUT2D eigenvalue weighted by molar-refractivity contribution is -0.114. The third-order valence-corrected chi connectivity index (χ3v) is 1.51. The van der Waals surface area contributed by atoms with E-state index in [1.54, 1.807) is 0 Å². The average molecular weight is 164 g/mol. The quantitative estimate of drug-likeness (QED) is 0.364. The summed E-state index contributed by atoms with van der Waals surface area (Å²) >= 11 is 0. The molecule has 0 aromatic carbocycles. The van der Waals surface area contributed by atoms with E-state index in [-0.39, 0.29) is 11.3 Å². The minimum Gasteiger partial charge on any atom is -0.458 e. The lowest BCUT2D eigenvalue weighted by atomic mass is 9.37. The van der Waals surface area contributed by atoms with Crippen molar-refractivity contribution in [1.29, 1.82) is 0 Å². The molecule has 6 heteroatoms. The summed E-state index contributed by atoms with van der Waals surface area (Å²) in [6.07, 6.45) is 3.23. The van der Waals surface area contributed by atoms with Gasteiger partial charge in [0, 0.05) is 0 Å². The molecule has 0 bridgehead atoms. The molecule has 0 unspecified atom stereocenters. The van der Waals surface area contributed by atoms with Crippen molar-refractivity contribution in [2.75, 3.05) is 0 Å². The van der Waals surface area contributed by atoms with Crippen LogP contribution in [0.3, 0.4) is 0 Å². The normalized spacial score (nSPS) is 16.0. The molecule has 0 saturated carbocycles. The summed E-state index contributed by atoms with van der Waals surface area (Å²) in [5.41, 5.74) is -0.0509. The van der Waals surface area contributed by atoms with Crippen molar-refractivity contribution in [1.82, 2.24) is 0 Å². The molecule has 4 nitrogen and oxygen atoms in total. The van der Waals surface area contributed by atoms with Gasteiger partial charge in [0.15, 0.2) is 11.6 Å². The summed E-state index contributed by atoms with van der Waals surface area (Å²) < 4.78 is 0. The Morgan fingerprint density at radius 2 is 2.00 bits per heavy atom. The van der Waals surface area contributed by atoms with Gasteiger partial charge in [0.25, 0.3) is 7.37 Å². The van der Waals surface area contributed by atoms with Gasteiger partial charge in [-0.3, -0.25) is 9.59 Å². The molecule has 0 fully saturated rings. The molecule has 0 aliphatic heterocycles. The number of hydrogen-bond donors (Lipinski definition) is 2. The fraction of sp³-hybridized carbons (Fsp3) is 0. The third kappa shape index (κ3) is 1.72. The number of ketones is 2. The van der Waals surface area contributed by atoms with Gasteiger partial charge in [-0.15, -0.1) is 0 Å². The van der Waals surface area contributed by atoms with Crippen molar-refractivity contribution >= 4 is 25.7 Å². The highest BCUT2D eigenvalue weighted by Crippen LogP contribution is 2.06. The van der Waals surface area contributed by atoms with E-state index in [1.807, 2.05) is 0 Å². The maximum Gasteiger partial charge on any atom is 0.319 e. The zero-order valence-electron chi connectivity index (χ0n) is 6.23. The van der Waals surface area contributed by atoms with E-state index in [2.05, 4.69) is 0 Å². The van der Waals surface area contributed by atoms with Crippen LogP contribution in [0.2, 0.25) is 0 Å². The Kier molecular flexibility index (Phi) is 2.62. The largest absolute Gasteiger partial charge is 0.458 e. The first kappa shape index (κ1) is 8.96. The van der Waals surface area contributed by atoms with E-state index >= 15 is 0 Å². The zero-order valence-corrected chi connectivity index (χ0v) is 6.23. The second-order valence-electron chi connectivity index (χ2n) is 2.40. The molecule has 0 radical (unpaired) electrons. The Balaban J connectivity index is 2.88. The van der Waals surface area contributed by atoms with Crippen LogP contribution in [0.1, 0.15) is 0 Å². The lowest BCUT2D eigenvalue weighted by Gasteiger charge is -2.06. The van der Waals surface area contributed by atoms with E-state index in [9.17, 15) is 9.59 Å². The SMILES string of the molecule is O=C1C=CC(=O)C(B(O)BO)=C1. The molecule has 60 valence electrons. The Morgan fingerprint density at radius 1 is 1.33 bits per heavy atom. The third-order valence-electron chi connectivity index (χ3n) is 1.51.